The van der Waals surface area contributed by atoms with Crippen molar-refractivity contribution in [1.82, 2.24) is 10.3 Å². The summed E-state index contributed by atoms with van der Waals surface area (Å²) in [4.78, 5) is 15.7. The van der Waals surface area contributed by atoms with Crippen LogP contribution in [0.25, 0.3) is 10.9 Å². The summed E-state index contributed by atoms with van der Waals surface area (Å²) in [5.74, 6) is -0.461. The second-order valence-electron chi connectivity index (χ2n) is 6.56. The maximum Gasteiger partial charge on any atom is 0.268 e. The van der Waals surface area contributed by atoms with Gasteiger partial charge in [0.2, 0.25) is 0 Å². The average Bonchev–Trinajstić information content (AvgIpc) is 3.28. The Balaban J connectivity index is 1.61. The summed E-state index contributed by atoms with van der Waals surface area (Å²) in [6.07, 6.45) is 13.1. The standard InChI is InChI=1S/C20H19FN2O/c1-13-8-9-16-15(18(13)21)12-17(22-16)19(24)23-20(10-11-20)14-6-4-2-3-5-7-14/h2-4,6-9,12,22H,5,10-11H2,1H3,(H,23,24). The van der Waals surface area contributed by atoms with Crippen molar-refractivity contribution in [3.63, 3.8) is 0 Å². The molecule has 3 nitrogen and oxygen atoms in total. The molecule has 2 aromatic rings. The molecule has 0 unspecified atom stereocenters. The smallest absolute Gasteiger partial charge is 0.268 e. The van der Waals surface area contributed by atoms with Crippen LogP contribution in [0.2, 0.25) is 0 Å². The number of fused-ring (bicyclic) bond motifs is 1. The first-order chi connectivity index (χ1) is 11.6. The predicted molar refractivity (Wildman–Crippen MR) is 93.4 cm³/mol. The normalized spacial score (nSPS) is 18.3. The number of aryl methyl sites for hydroxylation is 1. The zero-order valence-electron chi connectivity index (χ0n) is 13.5. The molecule has 1 fully saturated rings. The number of benzene rings is 1. The summed E-state index contributed by atoms with van der Waals surface area (Å²) in [5.41, 5.74) is 2.50. The second-order valence-corrected chi connectivity index (χ2v) is 6.56. The van der Waals surface area contributed by atoms with E-state index in [9.17, 15) is 9.18 Å². The van der Waals surface area contributed by atoms with Crippen molar-refractivity contribution in [3.05, 3.63) is 71.2 Å². The van der Waals surface area contributed by atoms with Gasteiger partial charge in [-0.3, -0.25) is 4.79 Å². The number of H-pyrrole nitrogens is 1. The maximum atomic E-state index is 14.2. The molecule has 0 radical (unpaired) electrons. The third kappa shape index (κ3) is 2.48. The number of rotatable bonds is 3. The molecule has 2 aliphatic carbocycles. The van der Waals surface area contributed by atoms with Gasteiger partial charge >= 0.3 is 0 Å². The maximum absolute atomic E-state index is 14.2. The van der Waals surface area contributed by atoms with Crippen LogP contribution in [0.4, 0.5) is 4.39 Å². The molecule has 0 atom stereocenters. The van der Waals surface area contributed by atoms with Crippen molar-refractivity contribution >= 4 is 16.8 Å². The van der Waals surface area contributed by atoms with E-state index in [1.165, 1.54) is 0 Å². The van der Waals surface area contributed by atoms with Crippen molar-refractivity contribution in [2.45, 2.75) is 31.7 Å². The highest BCUT2D eigenvalue weighted by Crippen LogP contribution is 2.43. The van der Waals surface area contributed by atoms with Gasteiger partial charge in [0, 0.05) is 10.9 Å². The van der Waals surface area contributed by atoms with E-state index in [1.807, 2.05) is 12.2 Å². The molecule has 0 bridgehead atoms. The fraction of sp³-hybridized carbons (Fsp3) is 0.250. The van der Waals surface area contributed by atoms with Crippen LogP contribution in [-0.4, -0.2) is 16.4 Å². The highest BCUT2D eigenvalue weighted by molar-refractivity contribution is 5.99. The fourth-order valence-electron chi connectivity index (χ4n) is 3.23. The number of halogens is 1. The van der Waals surface area contributed by atoms with Crippen LogP contribution >= 0.6 is 0 Å². The molecule has 2 aliphatic rings. The van der Waals surface area contributed by atoms with Gasteiger partial charge in [-0.1, -0.05) is 36.4 Å². The average molecular weight is 322 g/mol. The number of carbonyl (C=O) groups excluding carboxylic acids is 1. The first-order valence-electron chi connectivity index (χ1n) is 8.23. The lowest BCUT2D eigenvalue weighted by atomic mass is 10.0. The van der Waals surface area contributed by atoms with E-state index in [1.54, 1.807) is 25.1 Å². The van der Waals surface area contributed by atoms with Crippen LogP contribution in [0.5, 0.6) is 0 Å². The van der Waals surface area contributed by atoms with E-state index in [0.29, 0.717) is 22.2 Å². The molecular weight excluding hydrogens is 303 g/mol. The Kier molecular flexibility index (Phi) is 3.41. The Bertz CT molecular complexity index is 913. The number of hydrogen-bond acceptors (Lipinski definition) is 1. The van der Waals surface area contributed by atoms with Crippen LogP contribution in [0.15, 0.2) is 54.2 Å². The molecule has 0 aliphatic heterocycles. The lowest BCUT2D eigenvalue weighted by molar-refractivity contribution is 0.0934. The topological polar surface area (TPSA) is 44.9 Å². The summed E-state index contributed by atoms with van der Waals surface area (Å²) in [5, 5.41) is 3.60. The summed E-state index contributed by atoms with van der Waals surface area (Å²) < 4.78 is 14.2. The quantitative estimate of drug-likeness (QED) is 0.868. The van der Waals surface area contributed by atoms with Gasteiger partial charge in [0.25, 0.3) is 5.91 Å². The van der Waals surface area contributed by atoms with E-state index in [-0.39, 0.29) is 17.3 Å². The number of aromatic nitrogens is 1. The van der Waals surface area contributed by atoms with Crippen molar-refractivity contribution in [1.29, 1.82) is 0 Å². The lowest BCUT2D eigenvalue weighted by Gasteiger charge is -2.18. The Hall–Kier alpha value is -2.62. The third-order valence-corrected chi connectivity index (χ3v) is 4.83. The van der Waals surface area contributed by atoms with E-state index in [4.69, 9.17) is 0 Å². The van der Waals surface area contributed by atoms with Crippen LogP contribution in [0, 0.1) is 12.7 Å². The van der Waals surface area contributed by atoms with Crippen LogP contribution in [-0.2, 0) is 0 Å². The molecule has 1 aromatic carbocycles. The highest BCUT2D eigenvalue weighted by Gasteiger charge is 2.46. The minimum absolute atomic E-state index is 0.188. The van der Waals surface area contributed by atoms with E-state index in [0.717, 1.165) is 24.8 Å². The van der Waals surface area contributed by atoms with E-state index >= 15 is 0 Å². The minimum Gasteiger partial charge on any atom is -0.350 e. The molecule has 0 spiro atoms. The molecular formula is C20H19FN2O. The molecule has 1 saturated carbocycles. The molecule has 4 heteroatoms. The third-order valence-electron chi connectivity index (χ3n) is 4.83. The van der Waals surface area contributed by atoms with Gasteiger partial charge < -0.3 is 10.3 Å². The Morgan fingerprint density at radius 1 is 1.29 bits per heavy atom. The van der Waals surface area contributed by atoms with Gasteiger partial charge in [-0.15, -0.1) is 0 Å². The van der Waals surface area contributed by atoms with Crippen molar-refractivity contribution in [3.8, 4) is 0 Å². The van der Waals surface area contributed by atoms with Gasteiger partial charge in [-0.05, 0) is 49.5 Å². The molecule has 0 saturated heterocycles. The predicted octanol–water partition coefficient (Wildman–Crippen LogP) is 4.32. The van der Waals surface area contributed by atoms with Gasteiger partial charge in [0.15, 0.2) is 0 Å². The van der Waals surface area contributed by atoms with Crippen LogP contribution < -0.4 is 5.32 Å². The molecule has 24 heavy (non-hydrogen) atoms. The highest BCUT2D eigenvalue weighted by atomic mass is 19.1. The van der Waals surface area contributed by atoms with Crippen molar-refractivity contribution in [2.75, 3.05) is 0 Å². The SMILES string of the molecule is Cc1ccc2[nH]c(C(=O)NC3(C4=CCC=CC=C4)CC3)cc2c1F. The van der Waals surface area contributed by atoms with Crippen LogP contribution in [0.3, 0.4) is 0 Å². The zero-order chi connectivity index (χ0) is 16.7. The molecule has 2 N–H and O–H groups in total. The monoisotopic (exact) mass is 322 g/mol. The van der Waals surface area contributed by atoms with E-state index < -0.39 is 0 Å². The fourth-order valence-corrected chi connectivity index (χ4v) is 3.23. The number of amides is 1. The summed E-state index contributed by atoms with van der Waals surface area (Å²) in [6, 6.07) is 5.12. The lowest BCUT2D eigenvalue weighted by Crippen LogP contribution is -2.38. The molecule has 1 aromatic heterocycles. The first kappa shape index (κ1) is 14.9. The van der Waals surface area contributed by atoms with Gasteiger partial charge in [0.05, 0.1) is 5.54 Å². The zero-order valence-corrected chi connectivity index (χ0v) is 13.5. The largest absolute Gasteiger partial charge is 0.350 e. The minimum atomic E-state index is -0.274. The van der Waals surface area contributed by atoms with Gasteiger partial charge in [-0.2, -0.15) is 0 Å². The van der Waals surface area contributed by atoms with E-state index in [2.05, 4.69) is 28.5 Å². The molecule has 122 valence electrons. The van der Waals surface area contributed by atoms with Gasteiger partial charge in [-0.25, -0.2) is 4.39 Å². The number of nitrogens with one attached hydrogen (secondary N) is 2. The number of allylic oxidation sites excluding steroid dienone is 4. The Morgan fingerprint density at radius 3 is 2.92 bits per heavy atom. The summed E-state index contributed by atoms with van der Waals surface area (Å²) >= 11 is 0. The Labute approximate surface area is 139 Å². The first-order valence-corrected chi connectivity index (χ1v) is 8.23. The molecule has 1 amide bonds. The van der Waals surface area contributed by atoms with Gasteiger partial charge in [0.1, 0.15) is 11.5 Å². The number of aromatic amines is 1. The molecule has 4 rings (SSSR count). The Morgan fingerprint density at radius 2 is 2.12 bits per heavy atom. The van der Waals surface area contributed by atoms with Crippen LogP contribution in [0.1, 0.15) is 35.3 Å². The molecule has 1 heterocycles. The summed E-state index contributed by atoms with van der Waals surface area (Å²) in [7, 11) is 0. The number of carbonyl (C=O) groups is 1. The van der Waals surface area contributed by atoms with Crippen molar-refractivity contribution in [2.24, 2.45) is 0 Å². The number of hydrogen-bond donors (Lipinski definition) is 2. The second kappa shape index (κ2) is 5.48. The van der Waals surface area contributed by atoms with Crippen molar-refractivity contribution < 1.29 is 9.18 Å². The summed E-state index contributed by atoms with van der Waals surface area (Å²) in [6.45, 7) is 1.72.